The van der Waals surface area contributed by atoms with Crippen molar-refractivity contribution in [3.05, 3.63) is 0 Å². The lowest BCUT2D eigenvalue weighted by atomic mass is 9.87. The van der Waals surface area contributed by atoms with Crippen LogP contribution in [0.2, 0.25) is 0 Å². The molecule has 2 atom stereocenters. The average molecular weight is 157 g/mol. The normalized spacial score (nSPS) is 35.2. The molecule has 0 saturated carbocycles. The van der Waals surface area contributed by atoms with Crippen molar-refractivity contribution in [1.82, 2.24) is 0 Å². The Morgan fingerprint density at radius 2 is 2.27 bits per heavy atom. The fourth-order valence-corrected chi connectivity index (χ4v) is 1.68. The molecule has 1 rings (SSSR count). The standard InChI is InChI=1S/C9H19NO/c1-3-8(10)9(2)6-4-5-7-11-9/h8H,3-7,10H2,1-2H3/t8-,9?/m1/s1. The Labute approximate surface area is 69.1 Å². The lowest BCUT2D eigenvalue weighted by molar-refractivity contribution is -0.0815. The Balaban J connectivity index is 2.49. The fourth-order valence-electron chi connectivity index (χ4n) is 1.68. The smallest absolute Gasteiger partial charge is 0.0804 e. The third-order valence-corrected chi connectivity index (χ3v) is 2.72. The van der Waals surface area contributed by atoms with Crippen LogP contribution < -0.4 is 5.73 Å². The number of ether oxygens (including phenoxy) is 1. The minimum Gasteiger partial charge on any atom is -0.374 e. The summed E-state index contributed by atoms with van der Waals surface area (Å²) in [6, 6.07) is 0.211. The van der Waals surface area contributed by atoms with Crippen LogP contribution in [0.25, 0.3) is 0 Å². The van der Waals surface area contributed by atoms with Crippen LogP contribution in [0, 0.1) is 0 Å². The Morgan fingerprint density at radius 1 is 1.55 bits per heavy atom. The molecule has 1 aliphatic rings. The predicted octanol–water partition coefficient (Wildman–Crippen LogP) is 1.68. The number of hydrogen-bond acceptors (Lipinski definition) is 2. The first kappa shape index (κ1) is 9.01. The fraction of sp³-hybridized carbons (Fsp3) is 1.00. The molecule has 0 spiro atoms. The maximum atomic E-state index is 5.96. The van der Waals surface area contributed by atoms with Crippen molar-refractivity contribution in [2.75, 3.05) is 6.61 Å². The number of nitrogens with two attached hydrogens (primary N) is 1. The van der Waals surface area contributed by atoms with E-state index in [0.29, 0.717) is 0 Å². The molecule has 2 nitrogen and oxygen atoms in total. The minimum atomic E-state index is -0.0347. The van der Waals surface area contributed by atoms with Gasteiger partial charge >= 0.3 is 0 Å². The molecule has 0 radical (unpaired) electrons. The SMILES string of the molecule is CC[C@@H](N)C1(C)CCCCO1. The summed E-state index contributed by atoms with van der Waals surface area (Å²) < 4.78 is 5.69. The van der Waals surface area contributed by atoms with Gasteiger partial charge in [-0.05, 0) is 32.6 Å². The molecule has 1 saturated heterocycles. The molecule has 1 aliphatic heterocycles. The van der Waals surface area contributed by atoms with E-state index in [1.807, 2.05) is 0 Å². The van der Waals surface area contributed by atoms with E-state index in [1.54, 1.807) is 0 Å². The molecule has 11 heavy (non-hydrogen) atoms. The van der Waals surface area contributed by atoms with E-state index in [9.17, 15) is 0 Å². The molecule has 1 unspecified atom stereocenters. The lowest BCUT2D eigenvalue weighted by Crippen LogP contribution is -2.49. The van der Waals surface area contributed by atoms with Gasteiger partial charge in [-0.1, -0.05) is 6.92 Å². The van der Waals surface area contributed by atoms with Gasteiger partial charge in [0, 0.05) is 12.6 Å². The number of hydrogen-bond donors (Lipinski definition) is 1. The Hall–Kier alpha value is -0.0800. The van der Waals surface area contributed by atoms with Gasteiger partial charge in [0.2, 0.25) is 0 Å². The molecule has 0 aromatic heterocycles. The van der Waals surface area contributed by atoms with Crippen LogP contribution in [-0.4, -0.2) is 18.2 Å². The Kier molecular flexibility index (Phi) is 2.90. The van der Waals surface area contributed by atoms with E-state index in [1.165, 1.54) is 12.8 Å². The minimum absolute atomic E-state index is 0.0347. The molecule has 0 bridgehead atoms. The molecule has 0 aromatic rings. The summed E-state index contributed by atoms with van der Waals surface area (Å²) in [6.07, 6.45) is 4.61. The summed E-state index contributed by atoms with van der Waals surface area (Å²) in [7, 11) is 0. The molecule has 1 heterocycles. The Bertz CT molecular complexity index is 119. The highest BCUT2D eigenvalue weighted by atomic mass is 16.5. The van der Waals surface area contributed by atoms with E-state index in [0.717, 1.165) is 19.4 Å². The zero-order valence-corrected chi connectivity index (χ0v) is 7.60. The zero-order chi connectivity index (χ0) is 8.32. The van der Waals surface area contributed by atoms with Crippen LogP contribution in [0.4, 0.5) is 0 Å². The van der Waals surface area contributed by atoms with Crippen LogP contribution in [-0.2, 0) is 4.74 Å². The van der Waals surface area contributed by atoms with Gasteiger partial charge in [-0.15, -0.1) is 0 Å². The third kappa shape index (κ3) is 1.94. The molecule has 66 valence electrons. The van der Waals surface area contributed by atoms with Crippen molar-refractivity contribution in [3.8, 4) is 0 Å². The first-order valence-electron chi connectivity index (χ1n) is 4.58. The van der Waals surface area contributed by atoms with Crippen LogP contribution in [0.5, 0.6) is 0 Å². The van der Waals surface area contributed by atoms with Crippen molar-refractivity contribution >= 4 is 0 Å². The van der Waals surface area contributed by atoms with Crippen molar-refractivity contribution in [3.63, 3.8) is 0 Å². The first-order chi connectivity index (χ1) is 5.19. The van der Waals surface area contributed by atoms with E-state index in [4.69, 9.17) is 10.5 Å². The zero-order valence-electron chi connectivity index (χ0n) is 7.60. The molecular weight excluding hydrogens is 138 g/mol. The maximum Gasteiger partial charge on any atom is 0.0804 e. The average Bonchev–Trinajstić information content (AvgIpc) is 2.04. The van der Waals surface area contributed by atoms with Crippen molar-refractivity contribution in [2.24, 2.45) is 5.73 Å². The summed E-state index contributed by atoms with van der Waals surface area (Å²) in [5.74, 6) is 0. The summed E-state index contributed by atoms with van der Waals surface area (Å²) in [6.45, 7) is 5.15. The van der Waals surface area contributed by atoms with Crippen LogP contribution in [0.3, 0.4) is 0 Å². The second kappa shape index (κ2) is 3.55. The van der Waals surface area contributed by atoms with Crippen LogP contribution >= 0.6 is 0 Å². The summed E-state index contributed by atoms with van der Waals surface area (Å²) in [4.78, 5) is 0. The summed E-state index contributed by atoms with van der Waals surface area (Å²) in [5.41, 5.74) is 5.92. The molecule has 0 amide bonds. The maximum absolute atomic E-state index is 5.96. The van der Waals surface area contributed by atoms with Crippen molar-refractivity contribution in [1.29, 1.82) is 0 Å². The Morgan fingerprint density at radius 3 is 2.73 bits per heavy atom. The summed E-state index contributed by atoms with van der Waals surface area (Å²) in [5, 5.41) is 0. The number of rotatable bonds is 2. The van der Waals surface area contributed by atoms with Gasteiger partial charge in [0.05, 0.1) is 5.60 Å². The van der Waals surface area contributed by atoms with Crippen LogP contribution in [0.15, 0.2) is 0 Å². The molecule has 0 aliphatic carbocycles. The van der Waals surface area contributed by atoms with Gasteiger partial charge in [-0.3, -0.25) is 0 Å². The highest BCUT2D eigenvalue weighted by Crippen LogP contribution is 2.27. The predicted molar refractivity (Wildman–Crippen MR) is 46.5 cm³/mol. The van der Waals surface area contributed by atoms with Crippen LogP contribution in [0.1, 0.15) is 39.5 Å². The highest BCUT2D eigenvalue weighted by molar-refractivity contribution is 4.88. The van der Waals surface area contributed by atoms with Gasteiger partial charge in [0.25, 0.3) is 0 Å². The molecule has 2 heteroatoms. The van der Waals surface area contributed by atoms with Gasteiger partial charge in [-0.2, -0.15) is 0 Å². The van der Waals surface area contributed by atoms with Gasteiger partial charge in [0.15, 0.2) is 0 Å². The van der Waals surface area contributed by atoms with E-state index >= 15 is 0 Å². The highest BCUT2D eigenvalue weighted by Gasteiger charge is 2.33. The second-order valence-corrected chi connectivity index (χ2v) is 3.63. The molecule has 2 N–H and O–H groups in total. The van der Waals surface area contributed by atoms with Crippen molar-refractivity contribution in [2.45, 2.75) is 51.2 Å². The largest absolute Gasteiger partial charge is 0.374 e. The molecule has 1 fully saturated rings. The van der Waals surface area contributed by atoms with E-state index in [-0.39, 0.29) is 11.6 Å². The van der Waals surface area contributed by atoms with E-state index in [2.05, 4.69) is 13.8 Å². The van der Waals surface area contributed by atoms with Gasteiger partial charge in [-0.25, -0.2) is 0 Å². The lowest BCUT2D eigenvalue weighted by Gasteiger charge is -2.38. The first-order valence-corrected chi connectivity index (χ1v) is 4.58. The second-order valence-electron chi connectivity index (χ2n) is 3.63. The molecule has 0 aromatic carbocycles. The quantitative estimate of drug-likeness (QED) is 0.662. The summed E-state index contributed by atoms with van der Waals surface area (Å²) >= 11 is 0. The molecular formula is C9H19NO. The van der Waals surface area contributed by atoms with Gasteiger partial charge in [0.1, 0.15) is 0 Å². The van der Waals surface area contributed by atoms with Crippen molar-refractivity contribution < 1.29 is 4.74 Å². The third-order valence-electron chi connectivity index (χ3n) is 2.72. The van der Waals surface area contributed by atoms with Gasteiger partial charge < -0.3 is 10.5 Å². The van der Waals surface area contributed by atoms with E-state index < -0.39 is 0 Å². The topological polar surface area (TPSA) is 35.2 Å². The monoisotopic (exact) mass is 157 g/mol.